The van der Waals surface area contributed by atoms with Crippen LogP contribution in [0.5, 0.6) is 0 Å². The predicted molar refractivity (Wildman–Crippen MR) is 102 cm³/mol. The van der Waals surface area contributed by atoms with Crippen LogP contribution >= 0.6 is 11.6 Å². The smallest absolute Gasteiger partial charge is 0.407 e. The van der Waals surface area contributed by atoms with Gasteiger partial charge in [0.25, 0.3) is 0 Å². The third-order valence-electron chi connectivity index (χ3n) is 4.21. The molecule has 1 fully saturated rings. The molecule has 1 aliphatic carbocycles. The number of carbonyl (C=O) groups is 2. The van der Waals surface area contributed by atoms with Crippen molar-refractivity contribution >= 4 is 29.7 Å². The molecule has 26 heavy (non-hydrogen) atoms. The standard InChI is InChI=1S/C20H26ClNO4/c1-20(2,3)26-19(24)22-17-7-5-6-13(17)8-9-14-12-15(21)10-11-16(14)18(23)25-4/h8-13,17H,5-7H2,1-4H3,(H,22,24)/t13-,17-/m0/s1. The molecule has 1 aromatic carbocycles. The summed E-state index contributed by atoms with van der Waals surface area (Å²) >= 11 is 6.06. The highest BCUT2D eigenvalue weighted by atomic mass is 35.5. The van der Waals surface area contributed by atoms with Crippen LogP contribution in [0.2, 0.25) is 5.02 Å². The topological polar surface area (TPSA) is 64.6 Å². The van der Waals surface area contributed by atoms with Gasteiger partial charge in [0.15, 0.2) is 0 Å². The molecule has 0 unspecified atom stereocenters. The lowest BCUT2D eigenvalue weighted by atomic mass is 10.00. The van der Waals surface area contributed by atoms with Crippen LogP contribution in [0.1, 0.15) is 56.0 Å². The Hall–Kier alpha value is -2.01. The molecular weight excluding hydrogens is 354 g/mol. The largest absolute Gasteiger partial charge is 0.465 e. The molecule has 0 saturated heterocycles. The van der Waals surface area contributed by atoms with E-state index in [-0.39, 0.29) is 12.0 Å². The Morgan fingerprint density at radius 1 is 1.27 bits per heavy atom. The molecule has 0 heterocycles. The maximum absolute atomic E-state index is 12.0. The lowest BCUT2D eigenvalue weighted by Crippen LogP contribution is -2.40. The minimum Gasteiger partial charge on any atom is -0.465 e. The summed E-state index contributed by atoms with van der Waals surface area (Å²) in [5.74, 6) is -0.233. The molecule has 0 aromatic heterocycles. The lowest BCUT2D eigenvalue weighted by molar-refractivity contribution is 0.0497. The van der Waals surface area contributed by atoms with Crippen molar-refractivity contribution in [2.75, 3.05) is 7.11 Å². The van der Waals surface area contributed by atoms with Gasteiger partial charge in [0.1, 0.15) is 5.60 Å². The van der Waals surface area contributed by atoms with Crippen LogP contribution in [-0.4, -0.2) is 30.8 Å². The second kappa shape index (κ2) is 8.58. The van der Waals surface area contributed by atoms with Gasteiger partial charge in [-0.05, 0) is 63.3 Å². The molecule has 0 bridgehead atoms. The Labute approximate surface area is 159 Å². The average molecular weight is 380 g/mol. The van der Waals surface area contributed by atoms with Crippen molar-refractivity contribution in [3.8, 4) is 0 Å². The van der Waals surface area contributed by atoms with Gasteiger partial charge in [-0.25, -0.2) is 9.59 Å². The van der Waals surface area contributed by atoms with Gasteiger partial charge in [-0.15, -0.1) is 0 Å². The van der Waals surface area contributed by atoms with Gasteiger partial charge in [0.2, 0.25) is 0 Å². The maximum Gasteiger partial charge on any atom is 0.407 e. The van der Waals surface area contributed by atoms with Gasteiger partial charge in [-0.2, -0.15) is 0 Å². The summed E-state index contributed by atoms with van der Waals surface area (Å²) < 4.78 is 10.2. The number of hydrogen-bond donors (Lipinski definition) is 1. The Balaban J connectivity index is 2.11. The van der Waals surface area contributed by atoms with Crippen LogP contribution in [0.25, 0.3) is 6.08 Å². The van der Waals surface area contributed by atoms with Crippen LogP contribution in [-0.2, 0) is 9.47 Å². The van der Waals surface area contributed by atoms with E-state index in [0.29, 0.717) is 16.1 Å². The van der Waals surface area contributed by atoms with Crippen molar-refractivity contribution in [3.05, 3.63) is 40.4 Å². The number of amides is 1. The Kier molecular flexibility index (Phi) is 6.70. The van der Waals surface area contributed by atoms with Gasteiger partial charge in [-0.3, -0.25) is 0 Å². The van der Waals surface area contributed by atoms with Crippen molar-refractivity contribution in [2.45, 2.75) is 51.7 Å². The fraction of sp³-hybridized carbons (Fsp3) is 0.500. The van der Waals surface area contributed by atoms with E-state index in [2.05, 4.69) is 5.32 Å². The third-order valence-corrected chi connectivity index (χ3v) is 4.45. The summed E-state index contributed by atoms with van der Waals surface area (Å²) in [6.07, 6.45) is 6.37. The summed E-state index contributed by atoms with van der Waals surface area (Å²) in [7, 11) is 1.35. The molecule has 1 N–H and O–H groups in total. The monoisotopic (exact) mass is 379 g/mol. The number of methoxy groups -OCH3 is 1. The highest BCUT2D eigenvalue weighted by molar-refractivity contribution is 6.30. The van der Waals surface area contributed by atoms with E-state index < -0.39 is 17.7 Å². The minimum absolute atomic E-state index is 0.0156. The molecular formula is C20H26ClNO4. The van der Waals surface area contributed by atoms with Crippen molar-refractivity contribution in [3.63, 3.8) is 0 Å². The van der Waals surface area contributed by atoms with Crippen LogP contribution in [0.3, 0.4) is 0 Å². The van der Waals surface area contributed by atoms with Gasteiger partial charge in [0.05, 0.1) is 12.7 Å². The SMILES string of the molecule is COC(=O)c1ccc(Cl)cc1C=C[C@@H]1CCC[C@@H]1NC(=O)OC(C)(C)C. The van der Waals surface area contributed by atoms with Crippen LogP contribution in [0.15, 0.2) is 24.3 Å². The summed E-state index contributed by atoms with van der Waals surface area (Å²) in [5, 5.41) is 3.50. The molecule has 1 saturated carbocycles. The summed E-state index contributed by atoms with van der Waals surface area (Å²) in [5.41, 5.74) is 0.639. The fourth-order valence-electron chi connectivity index (χ4n) is 3.05. The van der Waals surface area contributed by atoms with E-state index in [1.807, 2.05) is 32.9 Å². The van der Waals surface area contributed by atoms with E-state index in [0.717, 1.165) is 19.3 Å². The molecule has 142 valence electrons. The van der Waals surface area contributed by atoms with Crippen LogP contribution < -0.4 is 5.32 Å². The van der Waals surface area contributed by atoms with Gasteiger partial charge < -0.3 is 14.8 Å². The first-order chi connectivity index (χ1) is 12.2. The second-order valence-corrected chi connectivity index (χ2v) is 7.87. The zero-order valence-corrected chi connectivity index (χ0v) is 16.4. The number of rotatable bonds is 4. The third kappa shape index (κ3) is 5.77. The van der Waals surface area contributed by atoms with Crippen molar-refractivity contribution in [2.24, 2.45) is 5.92 Å². The molecule has 1 amide bonds. The summed E-state index contributed by atoms with van der Waals surface area (Å²) in [6, 6.07) is 5.06. The summed E-state index contributed by atoms with van der Waals surface area (Å²) in [4.78, 5) is 23.9. The number of ether oxygens (including phenoxy) is 2. The quantitative estimate of drug-likeness (QED) is 0.760. The number of halogens is 1. The highest BCUT2D eigenvalue weighted by Crippen LogP contribution is 2.29. The van der Waals surface area contributed by atoms with Gasteiger partial charge in [0, 0.05) is 11.1 Å². The zero-order chi connectivity index (χ0) is 19.3. The van der Waals surface area contributed by atoms with Crippen LogP contribution in [0.4, 0.5) is 4.79 Å². The molecule has 6 heteroatoms. The van der Waals surface area contributed by atoms with E-state index in [1.165, 1.54) is 7.11 Å². The second-order valence-electron chi connectivity index (χ2n) is 7.43. The molecule has 1 aromatic rings. The Bertz CT molecular complexity index is 694. The Morgan fingerprint density at radius 3 is 2.65 bits per heavy atom. The first-order valence-corrected chi connectivity index (χ1v) is 9.13. The number of nitrogens with one attached hydrogen (secondary N) is 1. The van der Waals surface area contributed by atoms with E-state index >= 15 is 0 Å². The molecule has 2 rings (SSSR count). The zero-order valence-electron chi connectivity index (χ0n) is 15.7. The van der Waals surface area contributed by atoms with Crippen molar-refractivity contribution in [1.82, 2.24) is 5.32 Å². The number of hydrogen-bond acceptors (Lipinski definition) is 4. The van der Waals surface area contributed by atoms with Gasteiger partial charge in [-0.1, -0.05) is 30.2 Å². The highest BCUT2D eigenvalue weighted by Gasteiger charge is 2.28. The number of benzene rings is 1. The molecule has 0 aliphatic heterocycles. The number of alkyl carbamates (subject to hydrolysis) is 1. The number of esters is 1. The van der Waals surface area contributed by atoms with E-state index in [9.17, 15) is 9.59 Å². The fourth-order valence-corrected chi connectivity index (χ4v) is 3.23. The molecule has 0 radical (unpaired) electrons. The van der Waals surface area contributed by atoms with Gasteiger partial charge >= 0.3 is 12.1 Å². The minimum atomic E-state index is -0.524. The molecule has 1 aliphatic rings. The van der Waals surface area contributed by atoms with Crippen molar-refractivity contribution in [1.29, 1.82) is 0 Å². The average Bonchev–Trinajstić information content (AvgIpc) is 2.97. The maximum atomic E-state index is 12.0. The lowest BCUT2D eigenvalue weighted by Gasteiger charge is -2.23. The van der Waals surface area contributed by atoms with Crippen molar-refractivity contribution < 1.29 is 19.1 Å². The first kappa shape index (κ1) is 20.3. The Morgan fingerprint density at radius 2 is 2.00 bits per heavy atom. The normalized spacial score (nSPS) is 20.2. The first-order valence-electron chi connectivity index (χ1n) is 8.75. The van der Waals surface area contributed by atoms with E-state index in [1.54, 1.807) is 18.2 Å². The van der Waals surface area contributed by atoms with E-state index in [4.69, 9.17) is 21.1 Å². The molecule has 2 atom stereocenters. The number of carbonyl (C=O) groups excluding carboxylic acids is 2. The molecule has 0 spiro atoms. The predicted octanol–water partition coefficient (Wildman–Crippen LogP) is 4.83. The molecule has 5 nitrogen and oxygen atoms in total. The summed E-state index contributed by atoms with van der Waals surface area (Å²) in [6.45, 7) is 5.52. The van der Waals surface area contributed by atoms with Crippen LogP contribution in [0, 0.1) is 5.92 Å².